The lowest BCUT2D eigenvalue weighted by atomic mass is 10.2. The highest BCUT2D eigenvalue weighted by atomic mass is 35.5. The SMILES string of the molecule is O=C(CNC(=O)N1CCN(c2ccc(Cl)c(Cl)c2)CC1)Nc1cccc(O)c1. The van der Waals surface area contributed by atoms with Crippen molar-refractivity contribution in [3.05, 3.63) is 52.5 Å². The molecular formula is C19H20Cl2N4O3. The van der Waals surface area contributed by atoms with Gasteiger partial charge in [-0.2, -0.15) is 0 Å². The second-order valence-electron chi connectivity index (χ2n) is 6.33. The molecule has 0 atom stereocenters. The van der Waals surface area contributed by atoms with Gasteiger partial charge in [0.2, 0.25) is 5.91 Å². The van der Waals surface area contributed by atoms with Gasteiger partial charge in [-0.3, -0.25) is 4.79 Å². The van der Waals surface area contributed by atoms with Crippen molar-refractivity contribution in [2.24, 2.45) is 0 Å². The first-order chi connectivity index (χ1) is 13.4. The van der Waals surface area contributed by atoms with E-state index in [9.17, 15) is 14.7 Å². The first-order valence-electron chi connectivity index (χ1n) is 8.74. The molecule has 2 aromatic carbocycles. The normalized spacial score (nSPS) is 13.9. The lowest BCUT2D eigenvalue weighted by Crippen LogP contribution is -2.52. The Bertz CT molecular complexity index is 870. The molecule has 1 heterocycles. The van der Waals surface area contributed by atoms with E-state index in [2.05, 4.69) is 15.5 Å². The number of nitrogens with one attached hydrogen (secondary N) is 2. The van der Waals surface area contributed by atoms with E-state index in [0.717, 1.165) is 5.69 Å². The Labute approximate surface area is 172 Å². The van der Waals surface area contributed by atoms with Crippen LogP contribution in [0.3, 0.4) is 0 Å². The van der Waals surface area contributed by atoms with Crippen molar-refractivity contribution in [2.45, 2.75) is 0 Å². The van der Waals surface area contributed by atoms with Crippen molar-refractivity contribution < 1.29 is 14.7 Å². The maximum absolute atomic E-state index is 12.3. The van der Waals surface area contributed by atoms with E-state index in [-0.39, 0.29) is 24.2 Å². The second kappa shape index (κ2) is 9.03. The smallest absolute Gasteiger partial charge is 0.317 e. The van der Waals surface area contributed by atoms with Crippen molar-refractivity contribution in [3.8, 4) is 5.75 Å². The van der Waals surface area contributed by atoms with Gasteiger partial charge in [0.1, 0.15) is 5.75 Å². The average molecular weight is 423 g/mol. The number of phenols is 1. The number of urea groups is 1. The predicted octanol–water partition coefficient (Wildman–Crippen LogP) is 3.17. The lowest BCUT2D eigenvalue weighted by Gasteiger charge is -2.36. The summed E-state index contributed by atoms with van der Waals surface area (Å²) in [6, 6.07) is 11.4. The monoisotopic (exact) mass is 422 g/mol. The number of benzene rings is 2. The van der Waals surface area contributed by atoms with E-state index >= 15 is 0 Å². The number of piperazine rings is 1. The van der Waals surface area contributed by atoms with E-state index < -0.39 is 0 Å². The third-order valence-electron chi connectivity index (χ3n) is 4.37. The van der Waals surface area contributed by atoms with Crippen LogP contribution in [-0.4, -0.2) is 54.7 Å². The largest absolute Gasteiger partial charge is 0.508 e. The number of phenolic OH excluding ortho intramolecular Hbond substituents is 1. The number of hydrogen-bond acceptors (Lipinski definition) is 4. The summed E-state index contributed by atoms with van der Waals surface area (Å²) in [4.78, 5) is 28.0. The average Bonchev–Trinajstić information content (AvgIpc) is 2.68. The van der Waals surface area contributed by atoms with Crippen LogP contribution in [0, 0.1) is 0 Å². The molecule has 3 amide bonds. The van der Waals surface area contributed by atoms with Crippen LogP contribution in [0.2, 0.25) is 10.0 Å². The summed E-state index contributed by atoms with van der Waals surface area (Å²) >= 11 is 12.0. The number of nitrogens with zero attached hydrogens (tertiary/aromatic N) is 2. The molecule has 2 aromatic rings. The zero-order valence-electron chi connectivity index (χ0n) is 15.0. The van der Waals surface area contributed by atoms with Gasteiger partial charge in [0.05, 0.1) is 16.6 Å². The minimum atomic E-state index is -0.367. The van der Waals surface area contributed by atoms with Crippen LogP contribution < -0.4 is 15.5 Å². The van der Waals surface area contributed by atoms with Gasteiger partial charge >= 0.3 is 6.03 Å². The molecule has 0 aromatic heterocycles. The van der Waals surface area contributed by atoms with Gasteiger partial charge in [-0.15, -0.1) is 0 Å². The molecule has 3 rings (SSSR count). The highest BCUT2D eigenvalue weighted by Crippen LogP contribution is 2.27. The first-order valence-corrected chi connectivity index (χ1v) is 9.49. The van der Waals surface area contributed by atoms with E-state index in [1.165, 1.54) is 12.1 Å². The fourth-order valence-corrected chi connectivity index (χ4v) is 3.20. The fourth-order valence-electron chi connectivity index (χ4n) is 2.91. The summed E-state index contributed by atoms with van der Waals surface area (Å²) in [7, 11) is 0. The van der Waals surface area contributed by atoms with Gasteiger partial charge in [0, 0.05) is 43.6 Å². The second-order valence-corrected chi connectivity index (χ2v) is 7.14. The lowest BCUT2D eigenvalue weighted by molar-refractivity contribution is -0.115. The van der Waals surface area contributed by atoms with Gasteiger partial charge in [0.15, 0.2) is 0 Å². The van der Waals surface area contributed by atoms with E-state index in [1.54, 1.807) is 23.1 Å². The predicted molar refractivity (Wildman–Crippen MR) is 110 cm³/mol. The van der Waals surface area contributed by atoms with Gasteiger partial charge in [0.25, 0.3) is 0 Å². The summed E-state index contributed by atoms with van der Waals surface area (Å²) in [5.74, 6) is -0.310. The number of aromatic hydroxyl groups is 1. The molecule has 0 unspecified atom stereocenters. The molecule has 1 saturated heterocycles. The summed E-state index contributed by atoms with van der Waals surface area (Å²) in [5, 5.41) is 15.6. The zero-order valence-corrected chi connectivity index (χ0v) is 16.5. The topological polar surface area (TPSA) is 84.9 Å². The Kier molecular flexibility index (Phi) is 6.49. The Balaban J connectivity index is 1.44. The maximum Gasteiger partial charge on any atom is 0.317 e. The summed E-state index contributed by atoms with van der Waals surface area (Å²) < 4.78 is 0. The minimum Gasteiger partial charge on any atom is -0.508 e. The van der Waals surface area contributed by atoms with Crippen LogP contribution >= 0.6 is 23.2 Å². The Morgan fingerprint density at radius 3 is 2.43 bits per heavy atom. The fraction of sp³-hybridized carbons (Fsp3) is 0.263. The molecule has 0 aliphatic carbocycles. The van der Waals surface area contributed by atoms with Crippen molar-refractivity contribution in [2.75, 3.05) is 42.9 Å². The molecule has 0 bridgehead atoms. The summed E-state index contributed by atoms with van der Waals surface area (Å²) in [6.45, 7) is 2.21. The van der Waals surface area contributed by atoms with Crippen LogP contribution in [0.1, 0.15) is 0 Å². The van der Waals surface area contributed by atoms with E-state index in [4.69, 9.17) is 23.2 Å². The van der Waals surface area contributed by atoms with Crippen LogP contribution in [-0.2, 0) is 4.79 Å². The molecule has 7 nitrogen and oxygen atoms in total. The van der Waals surface area contributed by atoms with Crippen LogP contribution in [0.4, 0.5) is 16.2 Å². The molecular weight excluding hydrogens is 403 g/mol. The zero-order chi connectivity index (χ0) is 20.1. The van der Waals surface area contributed by atoms with Gasteiger partial charge in [-0.05, 0) is 30.3 Å². The number of anilines is 2. The number of hydrogen-bond donors (Lipinski definition) is 3. The highest BCUT2D eigenvalue weighted by Gasteiger charge is 2.22. The molecule has 148 valence electrons. The molecule has 0 spiro atoms. The highest BCUT2D eigenvalue weighted by molar-refractivity contribution is 6.42. The van der Waals surface area contributed by atoms with Crippen LogP contribution in [0.15, 0.2) is 42.5 Å². The number of amides is 3. The molecule has 1 aliphatic heterocycles. The van der Waals surface area contributed by atoms with Crippen LogP contribution in [0.5, 0.6) is 5.75 Å². The van der Waals surface area contributed by atoms with E-state index in [1.807, 2.05) is 12.1 Å². The van der Waals surface area contributed by atoms with Gasteiger partial charge < -0.3 is 25.5 Å². The molecule has 0 saturated carbocycles. The third kappa shape index (κ3) is 5.21. The van der Waals surface area contributed by atoms with Crippen molar-refractivity contribution >= 4 is 46.5 Å². The standard InChI is InChI=1S/C19H20Cl2N4O3/c20-16-5-4-14(11-17(16)21)24-6-8-25(9-7-24)19(28)22-12-18(27)23-13-2-1-3-15(26)10-13/h1-5,10-11,26H,6-9,12H2,(H,22,28)(H,23,27). The van der Waals surface area contributed by atoms with Gasteiger partial charge in [-0.1, -0.05) is 29.3 Å². The van der Waals surface area contributed by atoms with Gasteiger partial charge in [-0.25, -0.2) is 4.79 Å². The number of carbonyl (C=O) groups excluding carboxylic acids is 2. The Morgan fingerprint density at radius 2 is 1.75 bits per heavy atom. The Morgan fingerprint density at radius 1 is 1.00 bits per heavy atom. The molecule has 28 heavy (non-hydrogen) atoms. The quantitative estimate of drug-likeness (QED) is 0.706. The third-order valence-corrected chi connectivity index (χ3v) is 5.10. The van der Waals surface area contributed by atoms with Crippen molar-refractivity contribution in [1.82, 2.24) is 10.2 Å². The molecule has 1 fully saturated rings. The number of carbonyl (C=O) groups is 2. The molecule has 1 aliphatic rings. The maximum atomic E-state index is 12.3. The minimum absolute atomic E-state index is 0.0571. The summed E-state index contributed by atoms with van der Waals surface area (Å²) in [5.41, 5.74) is 1.43. The Hall–Kier alpha value is -2.64. The van der Waals surface area contributed by atoms with Crippen molar-refractivity contribution in [1.29, 1.82) is 0 Å². The summed E-state index contributed by atoms with van der Waals surface area (Å²) in [6.07, 6.45) is 0. The molecule has 3 N–H and O–H groups in total. The number of rotatable bonds is 4. The molecule has 0 radical (unpaired) electrons. The number of halogens is 2. The molecule has 9 heteroatoms. The van der Waals surface area contributed by atoms with E-state index in [0.29, 0.717) is 41.9 Å². The van der Waals surface area contributed by atoms with Crippen molar-refractivity contribution in [3.63, 3.8) is 0 Å². The first kappa shape index (κ1) is 20.1. The van der Waals surface area contributed by atoms with Crippen LogP contribution in [0.25, 0.3) is 0 Å².